The van der Waals surface area contributed by atoms with Gasteiger partial charge in [0.1, 0.15) is 0 Å². The van der Waals surface area contributed by atoms with Gasteiger partial charge in [0.25, 0.3) is 0 Å². The fourth-order valence-electron chi connectivity index (χ4n) is 1.39. The summed E-state index contributed by atoms with van der Waals surface area (Å²) in [6.45, 7) is 0. The summed E-state index contributed by atoms with van der Waals surface area (Å²) in [4.78, 5) is 0.897. The highest BCUT2D eigenvalue weighted by Gasteiger charge is 2.10. The summed E-state index contributed by atoms with van der Waals surface area (Å²) in [6, 6.07) is 10.2. The average Bonchev–Trinajstić information content (AvgIpc) is 2.26. The number of hydrogen-bond donors (Lipinski definition) is 1. The van der Waals surface area contributed by atoms with E-state index < -0.39 is 0 Å². The predicted molar refractivity (Wildman–Crippen MR) is 67.0 cm³/mol. The summed E-state index contributed by atoms with van der Waals surface area (Å²) in [6.07, 6.45) is 0.846. The molecule has 0 nitrogen and oxygen atoms in total. The van der Waals surface area contributed by atoms with Gasteiger partial charge in [-0.25, -0.2) is 0 Å². The molecule has 0 N–H and O–H groups in total. The largest absolute Gasteiger partial charge is 0.142 e. The lowest BCUT2D eigenvalue weighted by atomic mass is 10.0. The first-order valence-electron chi connectivity index (χ1n) is 4.25. The van der Waals surface area contributed by atoms with Crippen molar-refractivity contribution in [3.8, 4) is 0 Å². The molecule has 0 aromatic heterocycles. The van der Waals surface area contributed by atoms with E-state index in [2.05, 4.69) is 24.8 Å². The van der Waals surface area contributed by atoms with Crippen molar-refractivity contribution >= 4 is 37.1 Å². The SMILES string of the molecule is S=c1c(S)c(Cc2ccccc2)c1=S. The molecule has 2 aromatic rings. The lowest BCUT2D eigenvalue weighted by molar-refractivity contribution is 1.07. The van der Waals surface area contributed by atoms with Crippen molar-refractivity contribution in [2.24, 2.45) is 0 Å². The molecule has 70 valence electrons. The minimum atomic E-state index is 0.745. The van der Waals surface area contributed by atoms with E-state index in [-0.39, 0.29) is 0 Å². The van der Waals surface area contributed by atoms with E-state index >= 15 is 0 Å². The van der Waals surface area contributed by atoms with Crippen molar-refractivity contribution < 1.29 is 0 Å². The van der Waals surface area contributed by atoms with E-state index in [9.17, 15) is 0 Å². The van der Waals surface area contributed by atoms with Crippen molar-refractivity contribution in [2.75, 3.05) is 0 Å². The molecular formula is C11H8S3. The highest BCUT2D eigenvalue weighted by Crippen LogP contribution is 2.26. The molecule has 0 bridgehead atoms. The molecule has 0 unspecified atom stereocenters. The van der Waals surface area contributed by atoms with Crippen LogP contribution in [0.15, 0.2) is 35.2 Å². The molecule has 2 rings (SSSR count). The first-order valence-corrected chi connectivity index (χ1v) is 5.51. The van der Waals surface area contributed by atoms with Crippen molar-refractivity contribution in [1.29, 1.82) is 0 Å². The van der Waals surface area contributed by atoms with Gasteiger partial charge in [-0.3, -0.25) is 0 Å². The van der Waals surface area contributed by atoms with Gasteiger partial charge < -0.3 is 0 Å². The van der Waals surface area contributed by atoms with E-state index in [1.54, 1.807) is 0 Å². The van der Waals surface area contributed by atoms with Crippen molar-refractivity contribution in [3.63, 3.8) is 0 Å². The van der Waals surface area contributed by atoms with Gasteiger partial charge in [0.05, 0.1) is 9.02 Å². The first-order chi connectivity index (χ1) is 6.70. The molecule has 0 spiro atoms. The molecule has 0 aliphatic carbocycles. The molecule has 14 heavy (non-hydrogen) atoms. The van der Waals surface area contributed by atoms with Crippen molar-refractivity contribution in [2.45, 2.75) is 11.3 Å². The Bertz CT molecular complexity index is 519. The third-order valence-electron chi connectivity index (χ3n) is 2.20. The van der Waals surface area contributed by atoms with Gasteiger partial charge in [-0.15, -0.1) is 12.6 Å². The molecular weight excluding hydrogens is 228 g/mol. The smallest absolute Gasteiger partial charge is 0.0697 e. The lowest BCUT2D eigenvalue weighted by Crippen LogP contribution is -1.96. The molecule has 0 atom stereocenters. The van der Waals surface area contributed by atoms with E-state index in [1.165, 1.54) is 5.56 Å². The quantitative estimate of drug-likeness (QED) is 0.620. The monoisotopic (exact) mass is 236 g/mol. The molecule has 0 heterocycles. The molecule has 0 aliphatic rings. The molecule has 3 heteroatoms. The minimum absolute atomic E-state index is 0.745. The topological polar surface area (TPSA) is 0 Å². The van der Waals surface area contributed by atoms with Crippen LogP contribution in [0.4, 0.5) is 0 Å². The maximum Gasteiger partial charge on any atom is 0.0697 e. The normalized spacial score (nSPS) is 10.6. The van der Waals surface area contributed by atoms with E-state index in [4.69, 9.17) is 24.4 Å². The molecule has 0 saturated carbocycles. The summed E-state index contributed by atoms with van der Waals surface area (Å²) >= 11 is 14.5. The summed E-state index contributed by atoms with van der Waals surface area (Å²) in [5.74, 6) is 0. The second-order valence-corrected chi connectivity index (χ2v) is 4.41. The molecule has 0 saturated heterocycles. The Morgan fingerprint density at radius 3 is 2.21 bits per heavy atom. The van der Waals surface area contributed by atoms with Crippen LogP contribution < -0.4 is 0 Å². The Balaban J connectivity index is 2.30. The van der Waals surface area contributed by atoms with Crippen LogP contribution in [0.2, 0.25) is 0 Å². The maximum absolute atomic E-state index is 5.16. The minimum Gasteiger partial charge on any atom is -0.142 e. The van der Waals surface area contributed by atoms with Crippen LogP contribution in [0.1, 0.15) is 11.1 Å². The third kappa shape index (κ3) is 1.67. The first kappa shape index (κ1) is 10.0. The van der Waals surface area contributed by atoms with Gasteiger partial charge in [-0.1, -0.05) is 54.8 Å². The van der Waals surface area contributed by atoms with Gasteiger partial charge in [0.15, 0.2) is 0 Å². The van der Waals surface area contributed by atoms with Crippen LogP contribution >= 0.6 is 37.1 Å². The number of rotatable bonds is 2. The fraction of sp³-hybridized carbons (Fsp3) is 0.0909. The Labute approximate surface area is 98.7 Å². The summed E-state index contributed by atoms with van der Waals surface area (Å²) in [7, 11) is 0. The van der Waals surface area contributed by atoms with Gasteiger partial charge in [-0.2, -0.15) is 0 Å². The fourth-order valence-corrected chi connectivity index (χ4v) is 2.37. The number of benzene rings is 1. The van der Waals surface area contributed by atoms with Crippen LogP contribution in [-0.2, 0) is 6.42 Å². The van der Waals surface area contributed by atoms with Gasteiger partial charge in [0, 0.05) is 11.3 Å². The summed E-state index contributed by atoms with van der Waals surface area (Å²) in [5, 5.41) is 0. The van der Waals surface area contributed by atoms with E-state index in [1.807, 2.05) is 18.2 Å². The van der Waals surface area contributed by atoms with E-state index in [0.717, 1.165) is 25.9 Å². The van der Waals surface area contributed by atoms with Gasteiger partial charge >= 0.3 is 0 Å². The van der Waals surface area contributed by atoms with Gasteiger partial charge in [0.2, 0.25) is 0 Å². The summed E-state index contributed by atoms with van der Waals surface area (Å²) in [5.41, 5.74) is 2.36. The maximum atomic E-state index is 5.16. The zero-order valence-corrected chi connectivity index (χ0v) is 9.88. The van der Waals surface area contributed by atoms with Crippen LogP contribution in [0.25, 0.3) is 0 Å². The molecule has 0 radical (unpaired) electrons. The van der Waals surface area contributed by atoms with Crippen molar-refractivity contribution in [3.05, 3.63) is 50.5 Å². The molecule has 0 aliphatic heterocycles. The second-order valence-electron chi connectivity index (χ2n) is 3.15. The standard InChI is InChI=1S/C11H8S3/c12-9-8(10(13)11(9)14)6-7-4-2-1-3-5-7/h1-5,12H,6H2. The second kappa shape index (κ2) is 3.93. The Morgan fingerprint density at radius 1 is 1.00 bits per heavy atom. The zero-order chi connectivity index (χ0) is 10.1. The number of thiol groups is 1. The number of hydrogen-bond acceptors (Lipinski definition) is 3. The molecule has 0 fully saturated rings. The summed E-state index contributed by atoms with van der Waals surface area (Å²) < 4.78 is 1.56. The third-order valence-corrected chi connectivity index (χ3v) is 3.84. The van der Waals surface area contributed by atoms with Crippen LogP contribution in [0.3, 0.4) is 0 Å². The molecule has 0 amide bonds. The highest BCUT2D eigenvalue weighted by atomic mass is 32.1. The van der Waals surface area contributed by atoms with Crippen LogP contribution in [0.5, 0.6) is 0 Å². The zero-order valence-electron chi connectivity index (χ0n) is 7.36. The van der Waals surface area contributed by atoms with Crippen LogP contribution in [-0.4, -0.2) is 0 Å². The predicted octanol–water partition coefficient (Wildman–Crippen LogP) is 3.90. The lowest BCUT2D eigenvalue weighted by Gasteiger charge is -2.09. The Kier molecular flexibility index (Phi) is 2.81. The average molecular weight is 236 g/mol. The van der Waals surface area contributed by atoms with Crippen LogP contribution in [0, 0.1) is 9.02 Å². The highest BCUT2D eigenvalue weighted by molar-refractivity contribution is 7.81. The Hall–Kier alpha value is -0.510. The van der Waals surface area contributed by atoms with Gasteiger partial charge in [-0.05, 0) is 11.1 Å². The van der Waals surface area contributed by atoms with Crippen molar-refractivity contribution in [1.82, 2.24) is 0 Å². The Morgan fingerprint density at radius 2 is 1.64 bits per heavy atom. The molecule has 2 aromatic carbocycles. The van der Waals surface area contributed by atoms with E-state index in [0.29, 0.717) is 0 Å².